The van der Waals surface area contributed by atoms with Crippen molar-refractivity contribution in [3.8, 4) is 0 Å². The largest absolute Gasteiger partial charge is 0.457 e. The maximum absolute atomic E-state index is 11.9. The average Bonchev–Trinajstić information content (AvgIpc) is 3.01. The van der Waals surface area contributed by atoms with Crippen LogP contribution in [0.4, 0.5) is 0 Å². The van der Waals surface area contributed by atoms with E-state index in [0.29, 0.717) is 23.0 Å². The molecule has 1 heterocycles. The number of nitrogens with one attached hydrogen (secondary N) is 1. The Hall–Kier alpha value is -2.48. The molecule has 0 fully saturated rings. The summed E-state index contributed by atoms with van der Waals surface area (Å²) in [4.78, 5) is 23.6. The third kappa shape index (κ3) is 5.31. The molecule has 2 rings (SSSR count). The van der Waals surface area contributed by atoms with Gasteiger partial charge < -0.3 is 10.1 Å². The summed E-state index contributed by atoms with van der Waals surface area (Å²) >= 11 is 5.76. The summed E-state index contributed by atoms with van der Waals surface area (Å²) < 4.78 is 6.70. The van der Waals surface area contributed by atoms with E-state index in [1.54, 1.807) is 28.9 Å². The summed E-state index contributed by atoms with van der Waals surface area (Å²) in [7, 11) is 0. The van der Waals surface area contributed by atoms with Gasteiger partial charge in [0.1, 0.15) is 0 Å². The Morgan fingerprint density at radius 3 is 2.75 bits per heavy atom. The molecule has 0 aliphatic rings. The number of aryl methyl sites for hydroxylation is 1. The number of hydrogen-bond donors (Lipinski definition) is 1. The molecule has 9 heteroatoms. The molecule has 0 saturated heterocycles. The number of carbonyl (C=O) groups excluding carboxylic acids is 2. The van der Waals surface area contributed by atoms with Crippen molar-refractivity contribution >= 4 is 23.5 Å². The van der Waals surface area contributed by atoms with Gasteiger partial charge in [0, 0.05) is 23.7 Å². The molecular weight excluding hydrogens is 334 g/mol. The minimum absolute atomic E-state index is 0.0109. The zero-order valence-electron chi connectivity index (χ0n) is 13.2. The number of aromatic nitrogens is 4. The SMILES string of the molecule is CCCn1nnnc1COC(=O)CCNC(=O)c1ccc(Cl)cc1. The predicted molar refractivity (Wildman–Crippen MR) is 86.3 cm³/mol. The Labute approximate surface area is 144 Å². The van der Waals surface area contributed by atoms with E-state index in [1.807, 2.05) is 6.92 Å². The van der Waals surface area contributed by atoms with Crippen molar-refractivity contribution in [1.82, 2.24) is 25.5 Å². The summed E-state index contributed by atoms with van der Waals surface area (Å²) in [5, 5.41) is 14.4. The Kier molecular flexibility index (Phi) is 6.68. The monoisotopic (exact) mass is 351 g/mol. The lowest BCUT2D eigenvalue weighted by Crippen LogP contribution is -2.26. The molecule has 0 unspecified atom stereocenters. The van der Waals surface area contributed by atoms with Crippen LogP contribution >= 0.6 is 11.6 Å². The Bertz CT molecular complexity index is 687. The summed E-state index contributed by atoms with van der Waals surface area (Å²) in [6, 6.07) is 6.49. The Balaban J connectivity index is 1.70. The molecule has 1 amide bonds. The van der Waals surface area contributed by atoms with Crippen molar-refractivity contribution in [2.75, 3.05) is 6.54 Å². The highest BCUT2D eigenvalue weighted by Gasteiger charge is 2.10. The van der Waals surface area contributed by atoms with E-state index in [-0.39, 0.29) is 25.5 Å². The van der Waals surface area contributed by atoms with Gasteiger partial charge in [-0.2, -0.15) is 0 Å². The number of halogens is 1. The maximum Gasteiger partial charge on any atom is 0.308 e. The van der Waals surface area contributed by atoms with E-state index in [0.717, 1.165) is 6.42 Å². The third-order valence-corrected chi connectivity index (χ3v) is 3.38. The van der Waals surface area contributed by atoms with Crippen molar-refractivity contribution in [2.45, 2.75) is 32.9 Å². The number of hydrogen-bond acceptors (Lipinski definition) is 6. The van der Waals surface area contributed by atoms with Crippen LogP contribution in [0.2, 0.25) is 5.02 Å². The molecule has 8 nitrogen and oxygen atoms in total. The minimum Gasteiger partial charge on any atom is -0.457 e. The molecule has 1 aromatic carbocycles. The van der Waals surface area contributed by atoms with Gasteiger partial charge in [-0.05, 0) is 41.1 Å². The molecule has 24 heavy (non-hydrogen) atoms. The van der Waals surface area contributed by atoms with Gasteiger partial charge in [0.25, 0.3) is 5.91 Å². The van der Waals surface area contributed by atoms with E-state index in [2.05, 4.69) is 20.8 Å². The van der Waals surface area contributed by atoms with E-state index in [9.17, 15) is 9.59 Å². The fourth-order valence-electron chi connectivity index (χ4n) is 1.91. The fraction of sp³-hybridized carbons (Fsp3) is 0.400. The first-order chi connectivity index (χ1) is 11.6. The molecule has 0 radical (unpaired) electrons. The van der Waals surface area contributed by atoms with Crippen LogP contribution in [0.3, 0.4) is 0 Å². The highest BCUT2D eigenvalue weighted by molar-refractivity contribution is 6.30. The van der Waals surface area contributed by atoms with Crippen molar-refractivity contribution in [3.05, 3.63) is 40.7 Å². The van der Waals surface area contributed by atoms with Crippen molar-refractivity contribution in [2.24, 2.45) is 0 Å². The van der Waals surface area contributed by atoms with Crippen LogP contribution in [0.1, 0.15) is 35.9 Å². The van der Waals surface area contributed by atoms with E-state index >= 15 is 0 Å². The minimum atomic E-state index is -0.433. The number of nitrogens with zero attached hydrogens (tertiary/aromatic N) is 4. The zero-order chi connectivity index (χ0) is 17.4. The first-order valence-electron chi connectivity index (χ1n) is 7.54. The number of ether oxygens (including phenoxy) is 1. The van der Waals surface area contributed by atoms with Gasteiger partial charge in [-0.3, -0.25) is 9.59 Å². The lowest BCUT2D eigenvalue weighted by molar-refractivity contribution is -0.145. The van der Waals surface area contributed by atoms with Gasteiger partial charge in [0.15, 0.2) is 12.4 Å². The normalized spacial score (nSPS) is 10.4. The van der Waals surface area contributed by atoms with E-state index < -0.39 is 5.97 Å². The second-order valence-electron chi connectivity index (χ2n) is 4.99. The number of amides is 1. The van der Waals surface area contributed by atoms with Gasteiger partial charge in [-0.1, -0.05) is 18.5 Å². The Morgan fingerprint density at radius 1 is 1.29 bits per heavy atom. The van der Waals surface area contributed by atoms with Crippen molar-refractivity contribution in [3.63, 3.8) is 0 Å². The lowest BCUT2D eigenvalue weighted by Gasteiger charge is -2.07. The molecule has 0 spiro atoms. The maximum atomic E-state index is 11.9. The topological polar surface area (TPSA) is 99.0 Å². The molecule has 1 aromatic heterocycles. The van der Waals surface area contributed by atoms with Gasteiger partial charge in [-0.15, -0.1) is 5.10 Å². The first-order valence-corrected chi connectivity index (χ1v) is 7.92. The van der Waals surface area contributed by atoms with Crippen molar-refractivity contribution in [1.29, 1.82) is 0 Å². The Morgan fingerprint density at radius 2 is 2.04 bits per heavy atom. The summed E-state index contributed by atoms with van der Waals surface area (Å²) in [5.41, 5.74) is 0.478. The fourth-order valence-corrected chi connectivity index (χ4v) is 2.04. The number of rotatable bonds is 8. The molecule has 0 bridgehead atoms. The molecule has 2 aromatic rings. The van der Waals surface area contributed by atoms with E-state index in [4.69, 9.17) is 16.3 Å². The number of carbonyl (C=O) groups is 2. The average molecular weight is 352 g/mol. The summed E-state index contributed by atoms with van der Waals surface area (Å²) in [6.45, 7) is 2.86. The number of esters is 1. The lowest BCUT2D eigenvalue weighted by atomic mass is 10.2. The quantitative estimate of drug-likeness (QED) is 0.725. The number of tetrazole rings is 1. The molecule has 0 saturated carbocycles. The van der Waals surface area contributed by atoms with Crippen LogP contribution < -0.4 is 5.32 Å². The summed E-state index contributed by atoms with van der Waals surface area (Å²) in [5.74, 6) is -0.209. The van der Waals surface area contributed by atoms with E-state index in [1.165, 1.54) is 0 Å². The van der Waals surface area contributed by atoms with Gasteiger partial charge in [-0.25, -0.2) is 4.68 Å². The smallest absolute Gasteiger partial charge is 0.308 e. The first kappa shape index (κ1) is 17.9. The molecular formula is C15H18ClN5O3. The summed E-state index contributed by atoms with van der Waals surface area (Å²) in [6.07, 6.45) is 0.942. The number of benzene rings is 1. The predicted octanol–water partition coefficient (Wildman–Crippen LogP) is 1.60. The van der Waals surface area contributed by atoms with Gasteiger partial charge in [0.05, 0.1) is 6.42 Å². The van der Waals surface area contributed by atoms with Crippen molar-refractivity contribution < 1.29 is 14.3 Å². The highest BCUT2D eigenvalue weighted by atomic mass is 35.5. The van der Waals surface area contributed by atoms with Gasteiger partial charge in [0.2, 0.25) is 0 Å². The van der Waals surface area contributed by atoms with Crippen LogP contribution in [-0.2, 0) is 22.7 Å². The highest BCUT2D eigenvalue weighted by Crippen LogP contribution is 2.09. The van der Waals surface area contributed by atoms with Crippen LogP contribution in [-0.4, -0.2) is 38.6 Å². The molecule has 128 valence electrons. The standard InChI is InChI=1S/C15H18ClN5O3/c1-2-9-21-13(18-19-20-21)10-24-14(22)7-8-17-15(23)11-3-5-12(16)6-4-11/h3-6H,2,7-10H2,1H3,(H,17,23). The molecule has 0 aliphatic heterocycles. The van der Waals surface area contributed by atoms with Crippen LogP contribution in [0, 0.1) is 0 Å². The third-order valence-electron chi connectivity index (χ3n) is 3.12. The molecule has 0 atom stereocenters. The van der Waals surface area contributed by atoms with Crippen LogP contribution in [0.15, 0.2) is 24.3 Å². The van der Waals surface area contributed by atoms with Crippen LogP contribution in [0.25, 0.3) is 0 Å². The van der Waals surface area contributed by atoms with Gasteiger partial charge >= 0.3 is 5.97 Å². The molecule has 0 aliphatic carbocycles. The zero-order valence-corrected chi connectivity index (χ0v) is 14.0. The second kappa shape index (κ2) is 8.97. The van der Waals surface area contributed by atoms with Crippen LogP contribution in [0.5, 0.6) is 0 Å². The second-order valence-corrected chi connectivity index (χ2v) is 5.43. The molecule has 1 N–H and O–H groups in total.